The van der Waals surface area contributed by atoms with Crippen molar-refractivity contribution in [3.63, 3.8) is 0 Å². The molecule has 0 amide bonds. The van der Waals surface area contributed by atoms with Gasteiger partial charge in [0.1, 0.15) is 11.5 Å². The first-order chi connectivity index (χ1) is 8.58. The number of para-hydroxylation sites is 1. The van der Waals surface area contributed by atoms with Crippen molar-refractivity contribution in [1.82, 2.24) is 4.57 Å². The summed E-state index contributed by atoms with van der Waals surface area (Å²) in [6, 6.07) is 6.61. The van der Waals surface area contributed by atoms with Gasteiger partial charge in [0.05, 0.1) is 0 Å². The van der Waals surface area contributed by atoms with Crippen LogP contribution in [0.15, 0.2) is 34.6 Å². The Kier molecular flexibility index (Phi) is 3.97. The molecule has 0 saturated heterocycles. The predicted octanol–water partition coefficient (Wildman–Crippen LogP) is 3.89. The molecule has 0 unspecified atom stereocenters. The van der Waals surface area contributed by atoms with Crippen LogP contribution in [0.2, 0.25) is 0 Å². The molecule has 18 heavy (non-hydrogen) atoms. The maximum atomic E-state index is 13.6. The summed E-state index contributed by atoms with van der Waals surface area (Å²) < 4.78 is 15.7. The van der Waals surface area contributed by atoms with Gasteiger partial charge < -0.3 is 4.57 Å². The van der Waals surface area contributed by atoms with E-state index in [-0.39, 0.29) is 5.82 Å². The standard InChI is InChI=1S/C14H17FN2S/c1-10(2)8-17-11(3)9-18-14(17)16-13-7-5-4-6-12(13)15/h4-7,9-10H,8H2,1-3H3. The zero-order valence-corrected chi connectivity index (χ0v) is 11.7. The minimum atomic E-state index is -0.278. The molecule has 0 aliphatic heterocycles. The number of aryl methyl sites for hydroxylation is 1. The number of rotatable bonds is 3. The van der Waals surface area contributed by atoms with E-state index >= 15 is 0 Å². The SMILES string of the molecule is Cc1csc(=Nc2ccccc2F)n1CC(C)C. The summed E-state index contributed by atoms with van der Waals surface area (Å²) in [6.07, 6.45) is 0. The van der Waals surface area contributed by atoms with Crippen LogP contribution in [0.4, 0.5) is 10.1 Å². The van der Waals surface area contributed by atoms with E-state index in [1.807, 2.05) is 0 Å². The highest BCUT2D eigenvalue weighted by Crippen LogP contribution is 2.16. The van der Waals surface area contributed by atoms with Gasteiger partial charge in [-0.1, -0.05) is 26.0 Å². The first-order valence-corrected chi connectivity index (χ1v) is 6.90. The van der Waals surface area contributed by atoms with Gasteiger partial charge in [-0.2, -0.15) is 0 Å². The number of halogens is 1. The first kappa shape index (κ1) is 13.0. The van der Waals surface area contributed by atoms with E-state index < -0.39 is 0 Å². The molecular formula is C14H17FN2S. The number of aromatic nitrogens is 1. The van der Waals surface area contributed by atoms with Crippen LogP contribution in [-0.4, -0.2) is 4.57 Å². The molecule has 2 rings (SSSR count). The second kappa shape index (κ2) is 5.48. The molecule has 0 aliphatic carbocycles. The third kappa shape index (κ3) is 2.88. The number of benzene rings is 1. The summed E-state index contributed by atoms with van der Waals surface area (Å²) in [4.78, 5) is 5.27. The minimum Gasteiger partial charge on any atom is -0.321 e. The van der Waals surface area contributed by atoms with Gasteiger partial charge in [0, 0.05) is 17.6 Å². The van der Waals surface area contributed by atoms with Crippen LogP contribution in [0.5, 0.6) is 0 Å². The molecule has 0 fully saturated rings. The lowest BCUT2D eigenvalue weighted by atomic mass is 10.2. The highest BCUT2D eigenvalue weighted by atomic mass is 32.1. The highest BCUT2D eigenvalue weighted by molar-refractivity contribution is 7.07. The smallest absolute Gasteiger partial charge is 0.190 e. The molecule has 0 bridgehead atoms. The predicted molar refractivity (Wildman–Crippen MR) is 73.5 cm³/mol. The number of nitrogens with zero attached hydrogens (tertiary/aromatic N) is 2. The molecule has 0 radical (unpaired) electrons. The van der Waals surface area contributed by atoms with Crippen molar-refractivity contribution < 1.29 is 4.39 Å². The van der Waals surface area contributed by atoms with Gasteiger partial charge in [0.25, 0.3) is 0 Å². The van der Waals surface area contributed by atoms with Gasteiger partial charge in [-0.25, -0.2) is 9.38 Å². The van der Waals surface area contributed by atoms with Crippen molar-refractivity contribution in [2.45, 2.75) is 27.3 Å². The minimum absolute atomic E-state index is 0.278. The zero-order valence-electron chi connectivity index (χ0n) is 10.9. The second-order valence-corrected chi connectivity index (χ2v) is 5.56. The van der Waals surface area contributed by atoms with Crippen LogP contribution in [0.1, 0.15) is 19.5 Å². The van der Waals surface area contributed by atoms with Gasteiger partial charge >= 0.3 is 0 Å². The average molecular weight is 264 g/mol. The van der Waals surface area contributed by atoms with Crippen molar-refractivity contribution in [2.24, 2.45) is 10.9 Å². The Labute approximate surface area is 110 Å². The second-order valence-electron chi connectivity index (χ2n) is 4.73. The van der Waals surface area contributed by atoms with Gasteiger partial charge in [0.15, 0.2) is 4.80 Å². The van der Waals surface area contributed by atoms with E-state index in [2.05, 4.69) is 35.7 Å². The summed E-state index contributed by atoms with van der Waals surface area (Å²) in [5.74, 6) is 0.262. The maximum absolute atomic E-state index is 13.6. The van der Waals surface area contributed by atoms with Crippen LogP contribution in [-0.2, 0) is 6.54 Å². The van der Waals surface area contributed by atoms with Gasteiger partial charge in [0.2, 0.25) is 0 Å². The molecule has 0 atom stereocenters. The van der Waals surface area contributed by atoms with E-state index in [0.717, 1.165) is 11.3 Å². The van der Waals surface area contributed by atoms with Crippen molar-refractivity contribution in [2.75, 3.05) is 0 Å². The Morgan fingerprint density at radius 2 is 2.06 bits per heavy atom. The first-order valence-electron chi connectivity index (χ1n) is 6.02. The summed E-state index contributed by atoms with van der Waals surface area (Å²) >= 11 is 1.55. The third-order valence-corrected chi connectivity index (χ3v) is 3.59. The van der Waals surface area contributed by atoms with Gasteiger partial charge in [-0.05, 0) is 25.0 Å². The number of hydrogen-bond donors (Lipinski definition) is 0. The molecule has 1 aromatic heterocycles. The topological polar surface area (TPSA) is 17.3 Å². The lowest BCUT2D eigenvalue weighted by Crippen LogP contribution is -2.19. The van der Waals surface area contributed by atoms with E-state index in [0.29, 0.717) is 11.6 Å². The van der Waals surface area contributed by atoms with Crippen LogP contribution in [0, 0.1) is 18.7 Å². The fraction of sp³-hybridized carbons (Fsp3) is 0.357. The van der Waals surface area contributed by atoms with Crippen molar-refractivity contribution in [3.05, 3.63) is 46.0 Å². The highest BCUT2D eigenvalue weighted by Gasteiger charge is 2.05. The largest absolute Gasteiger partial charge is 0.321 e. The summed E-state index contributed by atoms with van der Waals surface area (Å²) in [5.41, 5.74) is 1.57. The van der Waals surface area contributed by atoms with Crippen LogP contribution >= 0.6 is 11.3 Å². The summed E-state index contributed by atoms with van der Waals surface area (Å²) in [5, 5.41) is 2.06. The Morgan fingerprint density at radius 3 is 2.72 bits per heavy atom. The van der Waals surface area contributed by atoms with E-state index in [1.54, 1.807) is 29.5 Å². The number of hydrogen-bond acceptors (Lipinski definition) is 2. The molecule has 4 heteroatoms. The Hall–Kier alpha value is -1.42. The van der Waals surface area contributed by atoms with Gasteiger partial charge in [-0.3, -0.25) is 0 Å². The molecule has 96 valence electrons. The van der Waals surface area contributed by atoms with Crippen LogP contribution in [0.3, 0.4) is 0 Å². The summed E-state index contributed by atoms with van der Waals surface area (Å²) in [6.45, 7) is 7.29. The molecule has 1 aromatic carbocycles. The third-order valence-electron chi connectivity index (χ3n) is 2.61. The monoisotopic (exact) mass is 264 g/mol. The fourth-order valence-electron chi connectivity index (χ4n) is 1.74. The number of thiazole rings is 1. The van der Waals surface area contributed by atoms with E-state index in [9.17, 15) is 4.39 Å². The van der Waals surface area contributed by atoms with Crippen molar-refractivity contribution >= 4 is 17.0 Å². The lowest BCUT2D eigenvalue weighted by molar-refractivity contribution is 0.506. The molecule has 0 aliphatic rings. The summed E-state index contributed by atoms with van der Waals surface area (Å²) in [7, 11) is 0. The maximum Gasteiger partial charge on any atom is 0.190 e. The van der Waals surface area contributed by atoms with Crippen LogP contribution in [0.25, 0.3) is 0 Å². The van der Waals surface area contributed by atoms with Crippen LogP contribution < -0.4 is 4.80 Å². The lowest BCUT2D eigenvalue weighted by Gasteiger charge is -2.08. The fourth-order valence-corrected chi connectivity index (χ4v) is 2.64. The molecule has 1 heterocycles. The van der Waals surface area contributed by atoms with Crippen molar-refractivity contribution in [3.8, 4) is 0 Å². The molecule has 0 spiro atoms. The van der Waals surface area contributed by atoms with Gasteiger partial charge in [-0.15, -0.1) is 11.3 Å². The normalized spacial score (nSPS) is 12.4. The Bertz CT molecular complexity index is 596. The van der Waals surface area contributed by atoms with Crippen molar-refractivity contribution in [1.29, 1.82) is 0 Å². The quantitative estimate of drug-likeness (QED) is 0.800. The van der Waals surface area contributed by atoms with E-state index in [1.165, 1.54) is 11.8 Å². The Balaban J connectivity index is 2.48. The molecule has 0 saturated carbocycles. The Morgan fingerprint density at radius 1 is 1.33 bits per heavy atom. The molecule has 0 N–H and O–H groups in total. The molecule has 2 aromatic rings. The zero-order chi connectivity index (χ0) is 13.1. The average Bonchev–Trinajstić information content (AvgIpc) is 2.64. The molecular weight excluding hydrogens is 247 g/mol. The molecule has 2 nitrogen and oxygen atoms in total. The van der Waals surface area contributed by atoms with E-state index in [4.69, 9.17) is 0 Å².